The highest BCUT2D eigenvalue weighted by Gasteiger charge is 2.28. The molecule has 0 spiro atoms. The summed E-state index contributed by atoms with van der Waals surface area (Å²) >= 11 is 0. The van der Waals surface area contributed by atoms with Crippen LogP contribution in [0.15, 0.2) is 77.7 Å². The van der Waals surface area contributed by atoms with Crippen molar-refractivity contribution in [3.8, 4) is 5.75 Å². The Hall–Kier alpha value is -3.36. The summed E-state index contributed by atoms with van der Waals surface area (Å²) in [5.41, 5.74) is 3.55. The molecule has 0 saturated carbocycles. The molecular formula is C27H31N3O4S. The molecule has 0 N–H and O–H groups in total. The van der Waals surface area contributed by atoms with Gasteiger partial charge in [0.1, 0.15) is 10.6 Å². The lowest BCUT2D eigenvalue weighted by atomic mass is 10.1. The number of sulfonamides is 1. The van der Waals surface area contributed by atoms with E-state index in [0.29, 0.717) is 18.7 Å². The lowest BCUT2D eigenvalue weighted by molar-refractivity contribution is 0.0746. The maximum atomic E-state index is 13.4. The molecule has 1 heterocycles. The molecule has 0 atom stereocenters. The predicted octanol–water partition coefficient (Wildman–Crippen LogP) is 3.79. The van der Waals surface area contributed by atoms with Gasteiger partial charge in [-0.05, 0) is 48.4 Å². The molecule has 3 aromatic rings. The zero-order valence-electron chi connectivity index (χ0n) is 20.3. The highest BCUT2D eigenvalue weighted by atomic mass is 32.2. The summed E-state index contributed by atoms with van der Waals surface area (Å²) in [5.74, 6) is 0.0319. The fraction of sp³-hybridized carbons (Fsp3) is 0.296. The summed E-state index contributed by atoms with van der Waals surface area (Å²) in [6, 6.07) is 22.3. The molecule has 0 bridgehead atoms. The number of rotatable bonds is 7. The Morgan fingerprint density at radius 2 is 1.66 bits per heavy atom. The molecule has 1 aliphatic rings. The monoisotopic (exact) mass is 493 g/mol. The Labute approximate surface area is 207 Å². The van der Waals surface area contributed by atoms with Gasteiger partial charge in [0, 0.05) is 51.0 Å². The molecule has 0 unspecified atom stereocenters. The topological polar surface area (TPSA) is 70.2 Å². The first-order chi connectivity index (χ1) is 16.8. The molecule has 0 aliphatic carbocycles. The van der Waals surface area contributed by atoms with Crippen LogP contribution in [0.4, 0.5) is 5.69 Å². The van der Waals surface area contributed by atoms with Crippen molar-refractivity contribution >= 4 is 21.6 Å². The number of benzene rings is 3. The van der Waals surface area contributed by atoms with E-state index in [2.05, 4.69) is 30.0 Å². The number of carbonyl (C=O) groups is 1. The number of amides is 1. The molecule has 1 amide bonds. The maximum Gasteiger partial charge on any atom is 0.254 e. The van der Waals surface area contributed by atoms with Crippen molar-refractivity contribution in [1.29, 1.82) is 0 Å². The summed E-state index contributed by atoms with van der Waals surface area (Å²) < 4.78 is 33.4. The Kier molecular flexibility index (Phi) is 7.42. The molecule has 8 heteroatoms. The normalized spacial score (nSPS) is 14.3. The van der Waals surface area contributed by atoms with E-state index < -0.39 is 10.0 Å². The van der Waals surface area contributed by atoms with Crippen molar-refractivity contribution in [2.45, 2.75) is 18.4 Å². The zero-order valence-corrected chi connectivity index (χ0v) is 21.2. The maximum absolute atomic E-state index is 13.4. The number of hydrogen-bond donors (Lipinski definition) is 0. The summed E-state index contributed by atoms with van der Waals surface area (Å²) in [4.78, 5) is 17.3. The van der Waals surface area contributed by atoms with Gasteiger partial charge in [-0.1, -0.05) is 42.5 Å². The molecule has 1 saturated heterocycles. The number of carbonyl (C=O) groups excluding carboxylic acids is 1. The van der Waals surface area contributed by atoms with E-state index in [1.165, 1.54) is 30.1 Å². The third kappa shape index (κ3) is 5.49. The molecule has 184 valence electrons. The fourth-order valence-electron chi connectivity index (χ4n) is 4.28. The lowest BCUT2D eigenvalue weighted by Crippen LogP contribution is -2.48. The van der Waals surface area contributed by atoms with E-state index >= 15 is 0 Å². The van der Waals surface area contributed by atoms with Crippen LogP contribution in [-0.4, -0.2) is 63.9 Å². The van der Waals surface area contributed by atoms with Gasteiger partial charge >= 0.3 is 0 Å². The number of ether oxygens (including phenoxy) is 1. The fourth-order valence-corrected chi connectivity index (χ4v) is 5.62. The van der Waals surface area contributed by atoms with Crippen LogP contribution in [0.3, 0.4) is 0 Å². The zero-order chi connectivity index (χ0) is 25.0. The van der Waals surface area contributed by atoms with E-state index in [0.717, 1.165) is 24.3 Å². The number of piperazine rings is 1. The van der Waals surface area contributed by atoms with Crippen molar-refractivity contribution in [3.05, 3.63) is 89.5 Å². The van der Waals surface area contributed by atoms with Crippen LogP contribution in [0.5, 0.6) is 5.75 Å². The van der Waals surface area contributed by atoms with E-state index in [1.807, 2.05) is 36.4 Å². The Morgan fingerprint density at radius 3 is 2.31 bits per heavy atom. The van der Waals surface area contributed by atoms with Crippen LogP contribution in [0.25, 0.3) is 0 Å². The minimum Gasteiger partial charge on any atom is -0.495 e. The van der Waals surface area contributed by atoms with Gasteiger partial charge in [0.2, 0.25) is 10.0 Å². The van der Waals surface area contributed by atoms with Crippen LogP contribution >= 0.6 is 0 Å². The van der Waals surface area contributed by atoms with E-state index in [-0.39, 0.29) is 23.1 Å². The first-order valence-electron chi connectivity index (χ1n) is 11.6. The van der Waals surface area contributed by atoms with Gasteiger partial charge in [0.25, 0.3) is 5.91 Å². The standard InChI is InChI=1S/C27H31N3O4S/c1-21-8-7-11-24(18-21)29-14-16-30(17-15-29)27(31)23-12-13-25(34-3)26(19-23)35(32,33)28(2)20-22-9-5-4-6-10-22/h4-13,18-19H,14-17,20H2,1-3H3. The van der Waals surface area contributed by atoms with Crippen LogP contribution in [0.1, 0.15) is 21.5 Å². The average Bonchev–Trinajstić information content (AvgIpc) is 2.88. The van der Waals surface area contributed by atoms with Gasteiger partial charge in [-0.15, -0.1) is 0 Å². The third-order valence-corrected chi connectivity index (χ3v) is 8.11. The van der Waals surface area contributed by atoms with E-state index in [9.17, 15) is 13.2 Å². The second kappa shape index (κ2) is 10.5. The van der Waals surface area contributed by atoms with Gasteiger partial charge in [0.05, 0.1) is 7.11 Å². The molecule has 7 nitrogen and oxygen atoms in total. The molecule has 4 rings (SSSR count). The van der Waals surface area contributed by atoms with Crippen molar-refractivity contribution in [1.82, 2.24) is 9.21 Å². The van der Waals surface area contributed by atoms with Gasteiger partial charge in [0.15, 0.2) is 0 Å². The molecule has 1 fully saturated rings. The second-order valence-electron chi connectivity index (χ2n) is 8.73. The molecular weight excluding hydrogens is 462 g/mol. The first-order valence-corrected chi connectivity index (χ1v) is 13.0. The number of methoxy groups -OCH3 is 1. The summed E-state index contributed by atoms with van der Waals surface area (Å²) in [6.07, 6.45) is 0. The van der Waals surface area contributed by atoms with Crippen LogP contribution in [-0.2, 0) is 16.6 Å². The van der Waals surface area contributed by atoms with Gasteiger partial charge in [-0.2, -0.15) is 4.31 Å². The number of aryl methyl sites for hydroxylation is 1. The van der Waals surface area contributed by atoms with Crippen LogP contribution < -0.4 is 9.64 Å². The van der Waals surface area contributed by atoms with Crippen molar-refractivity contribution in [2.24, 2.45) is 0 Å². The molecule has 0 radical (unpaired) electrons. The number of nitrogens with zero attached hydrogens (tertiary/aromatic N) is 3. The highest BCUT2D eigenvalue weighted by Crippen LogP contribution is 2.29. The van der Waals surface area contributed by atoms with Crippen molar-refractivity contribution in [3.63, 3.8) is 0 Å². The van der Waals surface area contributed by atoms with E-state index in [1.54, 1.807) is 17.0 Å². The molecule has 3 aromatic carbocycles. The summed E-state index contributed by atoms with van der Waals surface area (Å²) in [6.45, 7) is 4.84. The minimum atomic E-state index is -3.89. The smallest absolute Gasteiger partial charge is 0.254 e. The number of anilines is 1. The highest BCUT2D eigenvalue weighted by molar-refractivity contribution is 7.89. The van der Waals surface area contributed by atoms with Crippen molar-refractivity contribution < 1.29 is 17.9 Å². The summed E-state index contributed by atoms with van der Waals surface area (Å²) in [5, 5.41) is 0. The predicted molar refractivity (Wildman–Crippen MR) is 137 cm³/mol. The molecule has 35 heavy (non-hydrogen) atoms. The summed E-state index contributed by atoms with van der Waals surface area (Å²) in [7, 11) is -0.930. The lowest BCUT2D eigenvalue weighted by Gasteiger charge is -2.36. The average molecular weight is 494 g/mol. The quantitative estimate of drug-likeness (QED) is 0.501. The van der Waals surface area contributed by atoms with Crippen LogP contribution in [0, 0.1) is 6.92 Å². The van der Waals surface area contributed by atoms with E-state index in [4.69, 9.17) is 4.74 Å². The Bertz CT molecular complexity index is 1290. The third-order valence-electron chi connectivity index (χ3n) is 6.28. The largest absolute Gasteiger partial charge is 0.495 e. The van der Waals surface area contributed by atoms with Crippen molar-refractivity contribution in [2.75, 3.05) is 45.2 Å². The van der Waals surface area contributed by atoms with Gasteiger partial charge in [-0.25, -0.2) is 8.42 Å². The molecule has 1 aliphatic heterocycles. The minimum absolute atomic E-state index is 0.0114. The first kappa shape index (κ1) is 24.8. The second-order valence-corrected chi connectivity index (χ2v) is 10.7. The van der Waals surface area contributed by atoms with Crippen LogP contribution in [0.2, 0.25) is 0 Å². The Morgan fingerprint density at radius 1 is 0.943 bits per heavy atom. The Balaban J connectivity index is 1.51. The SMILES string of the molecule is COc1ccc(C(=O)N2CCN(c3cccc(C)c3)CC2)cc1S(=O)(=O)N(C)Cc1ccccc1. The van der Waals surface area contributed by atoms with Gasteiger partial charge in [-0.3, -0.25) is 4.79 Å². The van der Waals surface area contributed by atoms with Gasteiger partial charge < -0.3 is 14.5 Å². The number of hydrogen-bond acceptors (Lipinski definition) is 5. The molecule has 0 aromatic heterocycles.